The van der Waals surface area contributed by atoms with Crippen molar-refractivity contribution < 1.29 is 22.9 Å². The molecule has 8 nitrogen and oxygen atoms in total. The molecule has 0 aromatic heterocycles. The molecule has 0 bridgehead atoms. The summed E-state index contributed by atoms with van der Waals surface area (Å²) in [5, 5.41) is 8.84. The topological polar surface area (TPSA) is 140 Å². The summed E-state index contributed by atoms with van der Waals surface area (Å²) in [5.74, 6) is -1.76. The zero-order chi connectivity index (χ0) is 9.78. The SMILES string of the molecule is [N-]=[N+]=NCC(C(=O)O)S(=O)(=O)O. The van der Waals surface area contributed by atoms with Gasteiger partial charge in [-0.25, -0.2) is 0 Å². The largest absolute Gasteiger partial charge is 0.480 e. The molecule has 0 aliphatic rings. The fraction of sp³-hybridized carbons (Fsp3) is 0.667. The molecule has 0 fully saturated rings. The molecule has 9 heteroatoms. The van der Waals surface area contributed by atoms with E-state index in [1.807, 2.05) is 0 Å². The van der Waals surface area contributed by atoms with E-state index in [9.17, 15) is 13.2 Å². The Morgan fingerprint density at radius 1 is 1.67 bits per heavy atom. The minimum Gasteiger partial charge on any atom is -0.480 e. The van der Waals surface area contributed by atoms with Crippen LogP contribution < -0.4 is 0 Å². The van der Waals surface area contributed by atoms with Crippen LogP contribution in [0, 0.1) is 0 Å². The molecule has 0 aliphatic carbocycles. The number of nitrogens with zero attached hydrogens (tertiary/aromatic N) is 3. The van der Waals surface area contributed by atoms with Crippen molar-refractivity contribution in [1.29, 1.82) is 0 Å². The van der Waals surface area contributed by atoms with Crippen LogP contribution in [-0.4, -0.2) is 35.8 Å². The van der Waals surface area contributed by atoms with Crippen molar-refractivity contribution in [2.45, 2.75) is 5.25 Å². The van der Waals surface area contributed by atoms with Crippen molar-refractivity contribution in [3.63, 3.8) is 0 Å². The molecule has 0 spiro atoms. The number of rotatable bonds is 4. The van der Waals surface area contributed by atoms with E-state index in [2.05, 4.69) is 10.0 Å². The van der Waals surface area contributed by atoms with Crippen LogP contribution in [0.1, 0.15) is 0 Å². The minimum atomic E-state index is -4.70. The van der Waals surface area contributed by atoms with Crippen molar-refractivity contribution in [3.05, 3.63) is 10.4 Å². The van der Waals surface area contributed by atoms with E-state index in [1.165, 1.54) is 0 Å². The Kier molecular flexibility index (Phi) is 3.48. The molecule has 0 saturated heterocycles. The first kappa shape index (κ1) is 10.7. The Hall–Kier alpha value is -1.31. The van der Waals surface area contributed by atoms with Gasteiger partial charge in [0.25, 0.3) is 10.1 Å². The van der Waals surface area contributed by atoms with Gasteiger partial charge < -0.3 is 5.11 Å². The summed E-state index contributed by atoms with van der Waals surface area (Å²) in [6, 6.07) is 0. The number of hydrogen-bond acceptors (Lipinski definition) is 4. The molecule has 0 radical (unpaired) electrons. The highest BCUT2D eigenvalue weighted by molar-refractivity contribution is 7.87. The number of aliphatic carboxylic acids is 1. The van der Waals surface area contributed by atoms with E-state index in [4.69, 9.17) is 15.2 Å². The lowest BCUT2D eigenvalue weighted by atomic mass is 10.4. The standard InChI is InChI=1S/C3H5N3O5S/c4-6-5-1-2(3(7)8)12(9,10)11/h2H,1H2,(H,7,8)(H,9,10,11). The summed E-state index contributed by atoms with van der Waals surface area (Å²) < 4.78 is 28.8. The predicted octanol–water partition coefficient (Wildman–Crippen LogP) is -0.362. The molecule has 1 atom stereocenters. The van der Waals surface area contributed by atoms with Crippen LogP contribution in [0.15, 0.2) is 5.11 Å². The van der Waals surface area contributed by atoms with Crippen LogP contribution >= 0.6 is 0 Å². The summed E-state index contributed by atoms with van der Waals surface area (Å²) in [7, 11) is -4.70. The number of carboxylic acid groups (broad SMARTS) is 1. The lowest BCUT2D eigenvalue weighted by molar-refractivity contribution is -0.136. The molecule has 0 rings (SSSR count). The molecule has 0 aliphatic heterocycles. The van der Waals surface area contributed by atoms with Crippen LogP contribution in [0.25, 0.3) is 10.4 Å². The highest BCUT2D eigenvalue weighted by Gasteiger charge is 2.29. The number of hydrogen-bond donors (Lipinski definition) is 2. The monoisotopic (exact) mass is 195 g/mol. The van der Waals surface area contributed by atoms with E-state index in [0.717, 1.165) is 0 Å². The second kappa shape index (κ2) is 3.90. The molecule has 68 valence electrons. The molecular weight excluding hydrogens is 190 g/mol. The minimum absolute atomic E-state index is 0.829. The van der Waals surface area contributed by atoms with Gasteiger partial charge in [-0.2, -0.15) is 8.42 Å². The Morgan fingerprint density at radius 3 is 2.42 bits per heavy atom. The molecule has 0 saturated carbocycles. The first-order valence-corrected chi connectivity index (χ1v) is 4.10. The van der Waals surface area contributed by atoms with Gasteiger partial charge in [0.05, 0.1) is 6.54 Å². The third-order valence-corrected chi connectivity index (χ3v) is 2.02. The lowest BCUT2D eigenvalue weighted by Crippen LogP contribution is -2.32. The van der Waals surface area contributed by atoms with Crippen LogP contribution in [-0.2, 0) is 14.9 Å². The van der Waals surface area contributed by atoms with Crippen molar-refractivity contribution in [1.82, 2.24) is 0 Å². The van der Waals surface area contributed by atoms with Gasteiger partial charge in [-0.15, -0.1) is 0 Å². The summed E-state index contributed by atoms with van der Waals surface area (Å²) in [4.78, 5) is 12.3. The van der Waals surface area contributed by atoms with E-state index in [1.54, 1.807) is 0 Å². The Labute approximate surface area is 67.2 Å². The number of carbonyl (C=O) groups is 1. The second-order valence-electron chi connectivity index (χ2n) is 1.76. The maximum atomic E-state index is 10.3. The average molecular weight is 195 g/mol. The highest BCUT2D eigenvalue weighted by atomic mass is 32.2. The van der Waals surface area contributed by atoms with Gasteiger partial charge in [0, 0.05) is 4.91 Å². The third kappa shape index (κ3) is 3.19. The van der Waals surface area contributed by atoms with Gasteiger partial charge in [-0.05, 0) is 5.53 Å². The van der Waals surface area contributed by atoms with Crippen molar-refractivity contribution >= 4 is 16.1 Å². The molecule has 12 heavy (non-hydrogen) atoms. The Morgan fingerprint density at radius 2 is 2.17 bits per heavy atom. The van der Waals surface area contributed by atoms with Gasteiger partial charge in [0.1, 0.15) is 0 Å². The summed E-state index contributed by atoms with van der Waals surface area (Å²) in [6.45, 7) is -0.829. The van der Waals surface area contributed by atoms with Gasteiger partial charge >= 0.3 is 5.97 Å². The average Bonchev–Trinajstić information content (AvgIpc) is 1.84. The van der Waals surface area contributed by atoms with E-state index >= 15 is 0 Å². The Balaban J connectivity index is 4.69. The maximum absolute atomic E-state index is 10.3. The molecular formula is C3H5N3O5S. The van der Waals surface area contributed by atoms with Gasteiger partial charge in [0.15, 0.2) is 5.25 Å². The van der Waals surface area contributed by atoms with Gasteiger partial charge in [0.2, 0.25) is 0 Å². The molecule has 0 aromatic rings. The van der Waals surface area contributed by atoms with Crippen molar-refractivity contribution in [3.8, 4) is 0 Å². The highest BCUT2D eigenvalue weighted by Crippen LogP contribution is 1.99. The van der Waals surface area contributed by atoms with Crippen molar-refractivity contribution in [2.24, 2.45) is 5.11 Å². The van der Waals surface area contributed by atoms with Crippen LogP contribution in [0.3, 0.4) is 0 Å². The summed E-state index contributed by atoms with van der Waals surface area (Å²) in [5.41, 5.74) is 7.75. The first-order chi connectivity index (χ1) is 5.39. The predicted molar refractivity (Wildman–Crippen MR) is 37.0 cm³/mol. The molecule has 2 N–H and O–H groups in total. The van der Waals surface area contributed by atoms with Crippen LogP contribution in [0.4, 0.5) is 0 Å². The number of carboxylic acids is 1. The van der Waals surface area contributed by atoms with E-state index in [0.29, 0.717) is 0 Å². The smallest absolute Gasteiger partial charge is 0.324 e. The second-order valence-corrected chi connectivity index (χ2v) is 3.35. The maximum Gasteiger partial charge on any atom is 0.324 e. The Bertz CT molecular complexity index is 315. The lowest BCUT2D eigenvalue weighted by Gasteiger charge is -2.03. The van der Waals surface area contributed by atoms with Gasteiger partial charge in [-0.1, -0.05) is 5.11 Å². The van der Waals surface area contributed by atoms with Crippen molar-refractivity contribution in [2.75, 3.05) is 6.54 Å². The third-order valence-electron chi connectivity index (χ3n) is 0.946. The zero-order valence-corrected chi connectivity index (χ0v) is 6.47. The van der Waals surface area contributed by atoms with Crippen LogP contribution in [0.5, 0.6) is 0 Å². The fourth-order valence-corrected chi connectivity index (χ4v) is 0.920. The zero-order valence-electron chi connectivity index (χ0n) is 5.65. The molecule has 1 unspecified atom stereocenters. The van der Waals surface area contributed by atoms with E-state index < -0.39 is 27.9 Å². The fourth-order valence-electron chi connectivity index (χ4n) is 0.410. The van der Waals surface area contributed by atoms with Gasteiger partial charge in [-0.3, -0.25) is 9.35 Å². The normalized spacial score (nSPS) is 13.1. The first-order valence-electron chi connectivity index (χ1n) is 2.59. The molecule has 0 heterocycles. The van der Waals surface area contributed by atoms with Crippen LogP contribution in [0.2, 0.25) is 0 Å². The summed E-state index contributed by atoms with van der Waals surface area (Å²) in [6.07, 6.45) is 0. The van der Waals surface area contributed by atoms with E-state index in [-0.39, 0.29) is 0 Å². The molecule has 0 aromatic carbocycles. The number of azide groups is 1. The molecule has 0 amide bonds. The quantitative estimate of drug-likeness (QED) is 0.272. The summed E-state index contributed by atoms with van der Waals surface area (Å²) >= 11 is 0.